The summed E-state index contributed by atoms with van der Waals surface area (Å²) in [6.45, 7) is 3.16. The Balaban J connectivity index is 2.51. The summed E-state index contributed by atoms with van der Waals surface area (Å²) in [5, 5.41) is 3.43. The summed E-state index contributed by atoms with van der Waals surface area (Å²) in [5.74, 6) is 1.69. The van der Waals surface area contributed by atoms with Gasteiger partial charge >= 0.3 is 0 Å². The maximum Gasteiger partial charge on any atom is 0.00671 e. The first-order valence-electron chi connectivity index (χ1n) is 7.17. The maximum absolute atomic E-state index is 5.77. The Bertz CT molecular complexity index is 162. The van der Waals surface area contributed by atoms with Gasteiger partial charge in [0.15, 0.2) is 0 Å². The molecule has 3 N–H and O–H groups in total. The zero-order valence-corrected chi connectivity index (χ0v) is 11.2. The standard InChI is InChI=1S/C14H30N2/c1-12(16-2)14(10-11-15)13-8-6-4-3-5-7-9-13/h12-14,16H,3-11,15H2,1-2H3. The van der Waals surface area contributed by atoms with Gasteiger partial charge in [0.2, 0.25) is 0 Å². The first-order chi connectivity index (χ1) is 7.79. The molecule has 1 saturated carbocycles. The van der Waals surface area contributed by atoms with Crippen molar-refractivity contribution in [2.45, 2.75) is 64.3 Å². The van der Waals surface area contributed by atoms with Crippen LogP contribution in [-0.2, 0) is 0 Å². The third-order valence-electron chi connectivity index (χ3n) is 4.35. The molecule has 1 aliphatic rings. The van der Waals surface area contributed by atoms with Crippen molar-refractivity contribution >= 4 is 0 Å². The lowest BCUT2D eigenvalue weighted by Crippen LogP contribution is -2.37. The second kappa shape index (κ2) is 8.08. The van der Waals surface area contributed by atoms with E-state index in [9.17, 15) is 0 Å². The molecule has 0 saturated heterocycles. The number of nitrogens with two attached hydrogens (primary N) is 1. The van der Waals surface area contributed by atoms with Crippen LogP contribution in [0.5, 0.6) is 0 Å². The van der Waals surface area contributed by atoms with Crippen molar-refractivity contribution in [1.29, 1.82) is 0 Å². The summed E-state index contributed by atoms with van der Waals surface area (Å²) < 4.78 is 0. The molecule has 0 bridgehead atoms. The second-order valence-corrected chi connectivity index (χ2v) is 5.42. The van der Waals surface area contributed by atoms with Crippen molar-refractivity contribution in [2.24, 2.45) is 17.6 Å². The molecule has 0 aliphatic heterocycles. The molecule has 0 spiro atoms. The molecule has 0 radical (unpaired) electrons. The van der Waals surface area contributed by atoms with Gasteiger partial charge in [-0.05, 0) is 38.8 Å². The monoisotopic (exact) mass is 226 g/mol. The maximum atomic E-state index is 5.77. The Morgan fingerprint density at radius 1 is 1.12 bits per heavy atom. The van der Waals surface area contributed by atoms with Crippen molar-refractivity contribution in [3.05, 3.63) is 0 Å². The number of rotatable bonds is 5. The van der Waals surface area contributed by atoms with Gasteiger partial charge in [0, 0.05) is 6.04 Å². The largest absolute Gasteiger partial charge is 0.330 e. The number of hydrogen-bond donors (Lipinski definition) is 2. The smallest absolute Gasteiger partial charge is 0.00671 e. The van der Waals surface area contributed by atoms with E-state index < -0.39 is 0 Å². The molecular weight excluding hydrogens is 196 g/mol. The molecule has 0 aromatic heterocycles. The summed E-state index contributed by atoms with van der Waals surface area (Å²) in [5.41, 5.74) is 5.77. The fourth-order valence-corrected chi connectivity index (χ4v) is 3.22. The molecule has 96 valence electrons. The first kappa shape index (κ1) is 14.0. The van der Waals surface area contributed by atoms with Gasteiger partial charge in [-0.1, -0.05) is 44.9 Å². The van der Waals surface area contributed by atoms with E-state index in [0.29, 0.717) is 6.04 Å². The van der Waals surface area contributed by atoms with Crippen LogP contribution in [0.1, 0.15) is 58.3 Å². The highest BCUT2D eigenvalue weighted by atomic mass is 14.9. The Morgan fingerprint density at radius 2 is 1.69 bits per heavy atom. The van der Waals surface area contributed by atoms with Crippen LogP contribution in [-0.4, -0.2) is 19.6 Å². The molecule has 2 nitrogen and oxygen atoms in total. The third kappa shape index (κ3) is 4.42. The Hall–Kier alpha value is -0.0800. The first-order valence-corrected chi connectivity index (χ1v) is 7.17. The van der Waals surface area contributed by atoms with Crippen molar-refractivity contribution in [2.75, 3.05) is 13.6 Å². The van der Waals surface area contributed by atoms with Crippen LogP contribution in [0.4, 0.5) is 0 Å². The minimum Gasteiger partial charge on any atom is -0.330 e. The molecular formula is C14H30N2. The summed E-state index contributed by atoms with van der Waals surface area (Å²) >= 11 is 0. The van der Waals surface area contributed by atoms with Gasteiger partial charge in [-0.15, -0.1) is 0 Å². The van der Waals surface area contributed by atoms with Crippen LogP contribution in [0.2, 0.25) is 0 Å². The van der Waals surface area contributed by atoms with Crippen molar-refractivity contribution in [3.8, 4) is 0 Å². The van der Waals surface area contributed by atoms with Crippen LogP contribution >= 0.6 is 0 Å². The summed E-state index contributed by atoms with van der Waals surface area (Å²) in [7, 11) is 2.08. The van der Waals surface area contributed by atoms with Gasteiger partial charge in [0.25, 0.3) is 0 Å². The highest BCUT2D eigenvalue weighted by Gasteiger charge is 2.25. The lowest BCUT2D eigenvalue weighted by molar-refractivity contribution is 0.211. The van der Waals surface area contributed by atoms with Crippen LogP contribution in [0, 0.1) is 11.8 Å². The van der Waals surface area contributed by atoms with Gasteiger partial charge in [-0.25, -0.2) is 0 Å². The quantitative estimate of drug-likeness (QED) is 0.756. The summed E-state index contributed by atoms with van der Waals surface area (Å²) in [6.07, 6.45) is 11.2. The molecule has 1 rings (SSSR count). The Morgan fingerprint density at radius 3 is 2.19 bits per heavy atom. The molecule has 2 atom stereocenters. The van der Waals surface area contributed by atoms with Gasteiger partial charge in [-0.2, -0.15) is 0 Å². The van der Waals surface area contributed by atoms with Gasteiger partial charge < -0.3 is 11.1 Å². The molecule has 1 aliphatic carbocycles. The highest BCUT2D eigenvalue weighted by Crippen LogP contribution is 2.31. The predicted molar refractivity (Wildman–Crippen MR) is 71.5 cm³/mol. The SMILES string of the molecule is CNC(C)C(CCN)C1CCCCCCC1. The van der Waals surface area contributed by atoms with Crippen LogP contribution in [0.3, 0.4) is 0 Å². The average molecular weight is 226 g/mol. The van der Waals surface area contributed by atoms with E-state index in [-0.39, 0.29) is 0 Å². The topological polar surface area (TPSA) is 38.0 Å². The van der Waals surface area contributed by atoms with E-state index in [1.807, 2.05) is 0 Å². The van der Waals surface area contributed by atoms with Gasteiger partial charge in [0.1, 0.15) is 0 Å². The van der Waals surface area contributed by atoms with Crippen LogP contribution < -0.4 is 11.1 Å². The molecule has 0 heterocycles. The Labute approximate surface area is 101 Å². The van der Waals surface area contributed by atoms with E-state index in [0.717, 1.165) is 18.4 Å². The van der Waals surface area contributed by atoms with E-state index in [1.165, 1.54) is 51.4 Å². The van der Waals surface area contributed by atoms with Crippen molar-refractivity contribution in [3.63, 3.8) is 0 Å². The molecule has 0 amide bonds. The molecule has 0 aromatic carbocycles. The summed E-state index contributed by atoms with van der Waals surface area (Å²) in [4.78, 5) is 0. The van der Waals surface area contributed by atoms with Crippen LogP contribution in [0.15, 0.2) is 0 Å². The number of hydrogen-bond acceptors (Lipinski definition) is 2. The summed E-state index contributed by atoms with van der Waals surface area (Å²) in [6, 6.07) is 0.618. The number of nitrogens with one attached hydrogen (secondary N) is 1. The minimum atomic E-state index is 0.618. The van der Waals surface area contributed by atoms with Crippen molar-refractivity contribution in [1.82, 2.24) is 5.32 Å². The zero-order chi connectivity index (χ0) is 11.8. The third-order valence-corrected chi connectivity index (χ3v) is 4.35. The van der Waals surface area contributed by atoms with E-state index >= 15 is 0 Å². The van der Waals surface area contributed by atoms with Gasteiger partial charge in [-0.3, -0.25) is 0 Å². The zero-order valence-electron chi connectivity index (χ0n) is 11.2. The van der Waals surface area contributed by atoms with Crippen LogP contribution in [0.25, 0.3) is 0 Å². The average Bonchev–Trinajstić information content (AvgIpc) is 2.25. The van der Waals surface area contributed by atoms with E-state index in [4.69, 9.17) is 5.73 Å². The lowest BCUT2D eigenvalue weighted by Gasteiger charge is -2.33. The van der Waals surface area contributed by atoms with Crippen molar-refractivity contribution < 1.29 is 0 Å². The molecule has 0 aromatic rings. The lowest BCUT2D eigenvalue weighted by atomic mass is 9.77. The van der Waals surface area contributed by atoms with E-state index in [2.05, 4.69) is 19.3 Å². The predicted octanol–water partition coefficient (Wildman–Crippen LogP) is 2.92. The van der Waals surface area contributed by atoms with E-state index in [1.54, 1.807) is 0 Å². The normalized spacial score (nSPS) is 23.4. The highest BCUT2D eigenvalue weighted by molar-refractivity contribution is 4.79. The molecule has 16 heavy (non-hydrogen) atoms. The molecule has 1 fully saturated rings. The van der Waals surface area contributed by atoms with Gasteiger partial charge in [0.05, 0.1) is 0 Å². The second-order valence-electron chi connectivity index (χ2n) is 5.42. The molecule has 2 unspecified atom stereocenters. The molecule has 2 heteroatoms. The fraction of sp³-hybridized carbons (Fsp3) is 1.00. The fourth-order valence-electron chi connectivity index (χ4n) is 3.22. The Kier molecular flexibility index (Phi) is 7.06. The minimum absolute atomic E-state index is 0.618.